The lowest BCUT2D eigenvalue weighted by Crippen LogP contribution is -2.28. The van der Waals surface area contributed by atoms with Crippen molar-refractivity contribution < 1.29 is 22.7 Å². The van der Waals surface area contributed by atoms with Gasteiger partial charge in [-0.2, -0.15) is 18.3 Å². The van der Waals surface area contributed by atoms with Gasteiger partial charge in [-0.15, -0.1) is 0 Å². The second kappa shape index (κ2) is 9.43. The molecule has 0 aliphatic heterocycles. The van der Waals surface area contributed by atoms with Crippen LogP contribution in [-0.4, -0.2) is 28.3 Å². The number of alkyl halides is 3. The van der Waals surface area contributed by atoms with Gasteiger partial charge in [0.1, 0.15) is 5.75 Å². The molecular weight excluding hydrogens is 431 g/mol. The van der Waals surface area contributed by atoms with Crippen LogP contribution in [0.1, 0.15) is 35.5 Å². The highest BCUT2D eigenvalue weighted by molar-refractivity contribution is 6.30. The van der Waals surface area contributed by atoms with Crippen molar-refractivity contribution in [3.8, 4) is 11.4 Å². The first-order valence-electron chi connectivity index (χ1n) is 9.60. The van der Waals surface area contributed by atoms with Crippen molar-refractivity contribution in [3.05, 3.63) is 76.6 Å². The van der Waals surface area contributed by atoms with Gasteiger partial charge < -0.3 is 10.1 Å². The molecule has 1 N–H and O–H groups in total. The van der Waals surface area contributed by atoms with Crippen LogP contribution in [0.25, 0.3) is 5.69 Å². The zero-order valence-electron chi connectivity index (χ0n) is 16.9. The van der Waals surface area contributed by atoms with Crippen molar-refractivity contribution >= 4 is 17.5 Å². The first-order chi connectivity index (χ1) is 14.6. The molecule has 164 valence electrons. The van der Waals surface area contributed by atoms with Crippen LogP contribution in [0, 0.1) is 0 Å². The standard InChI is InChI=1S/C22H21ClF3N3O2/c1-14(2)31-18-9-3-15(4-10-18)11-12-27-21(30)19-13-28-29(20(19)22(24,25)26)17-7-5-16(23)6-8-17/h3-10,13-14H,11-12H2,1-2H3,(H,27,30). The molecule has 0 fully saturated rings. The summed E-state index contributed by atoms with van der Waals surface area (Å²) < 4.78 is 47.4. The highest BCUT2D eigenvalue weighted by atomic mass is 35.5. The van der Waals surface area contributed by atoms with Crippen molar-refractivity contribution in [2.24, 2.45) is 0 Å². The van der Waals surface area contributed by atoms with Gasteiger partial charge in [-0.05, 0) is 62.2 Å². The van der Waals surface area contributed by atoms with E-state index >= 15 is 0 Å². The van der Waals surface area contributed by atoms with E-state index < -0.39 is 23.3 Å². The van der Waals surface area contributed by atoms with Crippen LogP contribution in [0.4, 0.5) is 13.2 Å². The zero-order chi connectivity index (χ0) is 22.6. The van der Waals surface area contributed by atoms with Gasteiger partial charge in [-0.25, -0.2) is 4.68 Å². The van der Waals surface area contributed by atoms with Crippen LogP contribution in [0.5, 0.6) is 5.75 Å². The Balaban J connectivity index is 1.71. The summed E-state index contributed by atoms with van der Waals surface area (Å²) in [5.74, 6) is -0.112. The molecule has 3 rings (SSSR count). The SMILES string of the molecule is CC(C)Oc1ccc(CCNC(=O)c2cnn(-c3ccc(Cl)cc3)c2C(F)(F)F)cc1. The molecule has 31 heavy (non-hydrogen) atoms. The highest BCUT2D eigenvalue weighted by Crippen LogP contribution is 2.33. The molecule has 0 aliphatic carbocycles. The fraction of sp³-hybridized carbons (Fsp3) is 0.273. The van der Waals surface area contributed by atoms with Gasteiger partial charge in [0.2, 0.25) is 0 Å². The number of carbonyl (C=O) groups is 1. The Labute approximate surface area is 182 Å². The second-order valence-electron chi connectivity index (χ2n) is 7.11. The monoisotopic (exact) mass is 451 g/mol. The lowest BCUT2D eigenvalue weighted by atomic mass is 10.1. The molecule has 0 bridgehead atoms. The van der Waals surface area contributed by atoms with Gasteiger partial charge in [-0.3, -0.25) is 4.79 Å². The third-order valence-corrected chi connectivity index (χ3v) is 4.60. The molecule has 0 aliphatic rings. The Bertz CT molecular complexity index is 1030. The van der Waals surface area contributed by atoms with Gasteiger partial charge in [-0.1, -0.05) is 23.7 Å². The molecular formula is C22H21ClF3N3O2. The van der Waals surface area contributed by atoms with E-state index in [1.54, 1.807) is 0 Å². The number of benzene rings is 2. The van der Waals surface area contributed by atoms with Crippen LogP contribution in [0.2, 0.25) is 5.02 Å². The number of hydrogen-bond donors (Lipinski definition) is 1. The third-order valence-electron chi connectivity index (χ3n) is 4.35. The summed E-state index contributed by atoms with van der Waals surface area (Å²) in [4.78, 5) is 12.5. The molecule has 0 saturated heterocycles. The maximum atomic E-state index is 13.7. The van der Waals surface area contributed by atoms with Crippen molar-refractivity contribution in [3.63, 3.8) is 0 Å². The van der Waals surface area contributed by atoms with Gasteiger partial charge in [0.25, 0.3) is 5.91 Å². The van der Waals surface area contributed by atoms with Crippen LogP contribution in [0.15, 0.2) is 54.7 Å². The molecule has 0 spiro atoms. The van der Waals surface area contributed by atoms with Crippen LogP contribution in [-0.2, 0) is 12.6 Å². The third kappa shape index (κ3) is 5.79. The summed E-state index contributed by atoms with van der Waals surface area (Å²) in [5, 5.41) is 6.70. The summed E-state index contributed by atoms with van der Waals surface area (Å²) >= 11 is 5.80. The Kier molecular flexibility index (Phi) is 6.90. The molecule has 9 heteroatoms. The summed E-state index contributed by atoms with van der Waals surface area (Å²) in [6.07, 6.45) is -3.33. The molecule has 1 heterocycles. The van der Waals surface area contributed by atoms with Crippen molar-refractivity contribution in [2.45, 2.75) is 32.5 Å². The van der Waals surface area contributed by atoms with Gasteiger partial charge >= 0.3 is 6.18 Å². The zero-order valence-corrected chi connectivity index (χ0v) is 17.7. The number of amides is 1. The van der Waals surface area contributed by atoms with Crippen LogP contribution >= 0.6 is 11.6 Å². The molecule has 0 saturated carbocycles. The first-order valence-corrected chi connectivity index (χ1v) is 9.98. The second-order valence-corrected chi connectivity index (χ2v) is 7.55. The van der Waals surface area contributed by atoms with Gasteiger partial charge in [0.15, 0.2) is 5.69 Å². The Morgan fingerprint density at radius 1 is 1.13 bits per heavy atom. The summed E-state index contributed by atoms with van der Waals surface area (Å²) in [6, 6.07) is 13.0. The molecule has 5 nitrogen and oxygen atoms in total. The fourth-order valence-electron chi connectivity index (χ4n) is 2.99. The van der Waals surface area contributed by atoms with E-state index in [1.807, 2.05) is 38.1 Å². The Morgan fingerprint density at radius 2 is 1.77 bits per heavy atom. The first kappa shape index (κ1) is 22.7. The molecule has 2 aromatic carbocycles. The quantitative estimate of drug-likeness (QED) is 0.530. The number of ether oxygens (including phenoxy) is 1. The molecule has 1 aromatic heterocycles. The van der Waals surface area contributed by atoms with E-state index in [9.17, 15) is 18.0 Å². The summed E-state index contributed by atoms with van der Waals surface area (Å²) in [6.45, 7) is 4.02. The average Bonchev–Trinajstić information content (AvgIpc) is 3.15. The smallest absolute Gasteiger partial charge is 0.434 e. The van der Waals surface area contributed by atoms with E-state index in [2.05, 4.69) is 10.4 Å². The van der Waals surface area contributed by atoms with Crippen molar-refractivity contribution in [1.82, 2.24) is 15.1 Å². The number of hydrogen-bond acceptors (Lipinski definition) is 3. The minimum atomic E-state index is -4.77. The van der Waals surface area contributed by atoms with E-state index in [4.69, 9.17) is 16.3 Å². The predicted octanol–water partition coefficient (Wildman–Crippen LogP) is 5.30. The van der Waals surface area contributed by atoms with E-state index in [0.717, 1.165) is 17.5 Å². The summed E-state index contributed by atoms with van der Waals surface area (Å²) in [7, 11) is 0. The molecule has 3 aromatic rings. The molecule has 0 radical (unpaired) electrons. The van der Waals surface area contributed by atoms with Gasteiger partial charge in [0.05, 0.1) is 23.6 Å². The van der Waals surface area contributed by atoms with E-state index in [0.29, 0.717) is 16.1 Å². The highest BCUT2D eigenvalue weighted by Gasteiger charge is 2.40. The number of rotatable bonds is 7. The normalized spacial score (nSPS) is 11.6. The largest absolute Gasteiger partial charge is 0.491 e. The fourth-order valence-corrected chi connectivity index (χ4v) is 3.11. The maximum absolute atomic E-state index is 13.7. The molecule has 1 amide bonds. The lowest BCUT2D eigenvalue weighted by Gasteiger charge is -2.13. The number of nitrogens with one attached hydrogen (secondary N) is 1. The topological polar surface area (TPSA) is 56.1 Å². The van der Waals surface area contributed by atoms with Crippen LogP contribution in [0.3, 0.4) is 0 Å². The minimum absolute atomic E-state index is 0.0572. The van der Waals surface area contributed by atoms with Gasteiger partial charge in [0, 0.05) is 11.6 Å². The predicted molar refractivity (Wildman–Crippen MR) is 112 cm³/mol. The molecule has 0 unspecified atom stereocenters. The van der Waals surface area contributed by atoms with E-state index in [-0.39, 0.29) is 18.3 Å². The number of nitrogens with zero attached hydrogens (tertiary/aromatic N) is 2. The molecule has 0 atom stereocenters. The number of carbonyl (C=O) groups excluding carboxylic acids is 1. The summed E-state index contributed by atoms with van der Waals surface area (Å²) in [5.41, 5.74) is -0.602. The van der Waals surface area contributed by atoms with E-state index in [1.165, 1.54) is 24.3 Å². The Morgan fingerprint density at radius 3 is 2.35 bits per heavy atom. The maximum Gasteiger partial charge on any atom is 0.434 e. The average molecular weight is 452 g/mol. The van der Waals surface area contributed by atoms with Crippen LogP contribution < -0.4 is 10.1 Å². The lowest BCUT2D eigenvalue weighted by molar-refractivity contribution is -0.143. The number of aromatic nitrogens is 2. The van der Waals surface area contributed by atoms with Crippen molar-refractivity contribution in [1.29, 1.82) is 0 Å². The number of halogens is 4. The minimum Gasteiger partial charge on any atom is -0.491 e. The Hall–Kier alpha value is -3.00. The van der Waals surface area contributed by atoms with Crippen molar-refractivity contribution in [2.75, 3.05) is 6.54 Å².